The number of halogens is 2. The van der Waals surface area contributed by atoms with E-state index in [1.165, 1.54) is 0 Å². The van der Waals surface area contributed by atoms with E-state index in [0.29, 0.717) is 0 Å². The molecule has 2 rings (SSSR count). The molecule has 126 valence electrons. The number of amides is 1. The van der Waals surface area contributed by atoms with Gasteiger partial charge < -0.3 is 10.6 Å². The molecule has 2 N–H and O–H groups in total. The van der Waals surface area contributed by atoms with E-state index in [4.69, 9.17) is 0 Å². The number of nitrogens with zero attached hydrogens (tertiary/aromatic N) is 1. The second-order valence-electron chi connectivity index (χ2n) is 5.44. The minimum Gasteiger partial charge on any atom is -0.350 e. The summed E-state index contributed by atoms with van der Waals surface area (Å²) in [6.07, 6.45) is 2.20. The molecule has 0 radical (unpaired) electrons. The largest absolute Gasteiger partial charge is 0.350 e. The van der Waals surface area contributed by atoms with Crippen LogP contribution in [0.2, 0.25) is 0 Å². The van der Waals surface area contributed by atoms with Crippen molar-refractivity contribution in [3.8, 4) is 0 Å². The van der Waals surface area contributed by atoms with E-state index >= 15 is 0 Å². The van der Waals surface area contributed by atoms with Crippen molar-refractivity contribution in [1.82, 2.24) is 15.5 Å². The number of likely N-dealkylation sites (N-methyl/N-ethyl adjacent to an activating group) is 1. The van der Waals surface area contributed by atoms with Crippen LogP contribution in [0.5, 0.6) is 0 Å². The van der Waals surface area contributed by atoms with E-state index in [2.05, 4.69) is 22.5 Å². The fourth-order valence-corrected chi connectivity index (χ4v) is 2.68. The Hall–Kier alpha value is -0.810. The van der Waals surface area contributed by atoms with Crippen LogP contribution >= 0.6 is 24.8 Å². The minimum absolute atomic E-state index is 0. The smallest absolute Gasteiger partial charge is 0.242 e. The summed E-state index contributed by atoms with van der Waals surface area (Å²) >= 11 is 0. The first-order valence-corrected chi connectivity index (χ1v) is 7.48. The standard InChI is InChI=1S/C16H25N3O.2ClH/c1-3-19(2)15(13-8-5-4-6-9-13)16(20)18-14-10-7-11-17-12-14;;/h4-6,8-9,14-15,17H,3,7,10-12H2,1-2H3,(H,18,20);2*1H. The van der Waals surface area contributed by atoms with Crippen LogP contribution < -0.4 is 10.6 Å². The maximum atomic E-state index is 12.6. The normalized spacial score (nSPS) is 18.8. The van der Waals surface area contributed by atoms with Crippen LogP contribution in [0, 0.1) is 0 Å². The molecule has 1 amide bonds. The molecule has 6 heteroatoms. The van der Waals surface area contributed by atoms with Crippen LogP contribution in [-0.4, -0.2) is 43.5 Å². The number of hydrogen-bond acceptors (Lipinski definition) is 3. The van der Waals surface area contributed by atoms with Crippen LogP contribution in [0.1, 0.15) is 31.4 Å². The topological polar surface area (TPSA) is 44.4 Å². The molecule has 1 fully saturated rings. The molecule has 1 aliphatic heterocycles. The molecular weight excluding hydrogens is 321 g/mol. The monoisotopic (exact) mass is 347 g/mol. The predicted molar refractivity (Wildman–Crippen MR) is 96.0 cm³/mol. The number of rotatable bonds is 5. The third-order valence-electron chi connectivity index (χ3n) is 3.95. The Morgan fingerprint density at radius 3 is 2.59 bits per heavy atom. The first kappa shape index (κ1) is 21.2. The zero-order valence-electron chi connectivity index (χ0n) is 13.2. The van der Waals surface area contributed by atoms with Crippen molar-refractivity contribution in [2.75, 3.05) is 26.7 Å². The Morgan fingerprint density at radius 1 is 1.36 bits per heavy atom. The Bertz CT molecular complexity index is 425. The fourth-order valence-electron chi connectivity index (χ4n) is 2.68. The molecule has 0 saturated carbocycles. The van der Waals surface area contributed by atoms with Crippen LogP contribution in [0.4, 0.5) is 0 Å². The van der Waals surface area contributed by atoms with Gasteiger partial charge in [0.15, 0.2) is 0 Å². The number of hydrogen-bond donors (Lipinski definition) is 2. The van der Waals surface area contributed by atoms with Gasteiger partial charge >= 0.3 is 0 Å². The molecule has 1 aromatic rings. The molecule has 2 unspecified atom stereocenters. The lowest BCUT2D eigenvalue weighted by molar-refractivity contribution is -0.127. The lowest BCUT2D eigenvalue weighted by Crippen LogP contribution is -2.49. The van der Waals surface area contributed by atoms with Gasteiger partial charge in [-0.15, -0.1) is 24.8 Å². The summed E-state index contributed by atoms with van der Waals surface area (Å²) in [7, 11) is 2.00. The summed E-state index contributed by atoms with van der Waals surface area (Å²) in [5.74, 6) is 0.106. The van der Waals surface area contributed by atoms with E-state index < -0.39 is 0 Å². The van der Waals surface area contributed by atoms with Crippen molar-refractivity contribution in [2.24, 2.45) is 0 Å². The number of nitrogens with one attached hydrogen (secondary N) is 2. The molecule has 1 aliphatic rings. The van der Waals surface area contributed by atoms with E-state index in [-0.39, 0.29) is 42.8 Å². The van der Waals surface area contributed by atoms with Crippen molar-refractivity contribution in [3.63, 3.8) is 0 Å². The summed E-state index contributed by atoms with van der Waals surface area (Å²) in [6, 6.07) is 10.1. The highest BCUT2D eigenvalue weighted by atomic mass is 35.5. The second-order valence-corrected chi connectivity index (χ2v) is 5.44. The molecule has 0 spiro atoms. The zero-order valence-corrected chi connectivity index (χ0v) is 14.9. The first-order valence-electron chi connectivity index (χ1n) is 7.48. The third kappa shape index (κ3) is 5.76. The highest BCUT2D eigenvalue weighted by Gasteiger charge is 2.26. The lowest BCUT2D eigenvalue weighted by atomic mass is 10.0. The summed E-state index contributed by atoms with van der Waals surface area (Å²) in [5, 5.41) is 6.52. The van der Waals surface area contributed by atoms with Gasteiger partial charge in [0, 0.05) is 12.6 Å². The summed E-state index contributed by atoms with van der Waals surface area (Å²) in [6.45, 7) is 4.85. The molecule has 0 aromatic heterocycles. The molecule has 1 saturated heterocycles. The molecule has 1 heterocycles. The minimum atomic E-state index is -0.205. The summed E-state index contributed by atoms with van der Waals surface area (Å²) in [4.78, 5) is 14.7. The maximum absolute atomic E-state index is 12.6. The number of piperidine rings is 1. The van der Waals surface area contributed by atoms with Gasteiger partial charge in [-0.1, -0.05) is 37.3 Å². The Kier molecular flexibility index (Phi) is 10.4. The summed E-state index contributed by atoms with van der Waals surface area (Å²) in [5.41, 5.74) is 1.05. The fraction of sp³-hybridized carbons (Fsp3) is 0.562. The average Bonchev–Trinajstić information content (AvgIpc) is 2.49. The Labute approximate surface area is 145 Å². The molecule has 0 bridgehead atoms. The molecule has 2 atom stereocenters. The SMILES string of the molecule is CCN(C)C(C(=O)NC1CCCNC1)c1ccccc1.Cl.Cl. The second kappa shape index (κ2) is 10.8. The van der Waals surface area contributed by atoms with Gasteiger partial charge in [0.05, 0.1) is 0 Å². The van der Waals surface area contributed by atoms with E-state index in [9.17, 15) is 4.79 Å². The number of carbonyl (C=O) groups excluding carboxylic acids is 1. The van der Waals surface area contributed by atoms with Crippen molar-refractivity contribution in [1.29, 1.82) is 0 Å². The Morgan fingerprint density at radius 2 is 2.05 bits per heavy atom. The highest BCUT2D eigenvalue weighted by molar-refractivity contribution is 5.85. The van der Waals surface area contributed by atoms with Crippen LogP contribution in [-0.2, 0) is 4.79 Å². The molecule has 1 aromatic carbocycles. The van der Waals surface area contributed by atoms with Gasteiger partial charge in [0.2, 0.25) is 5.91 Å². The lowest BCUT2D eigenvalue weighted by Gasteiger charge is -2.30. The predicted octanol–water partition coefficient (Wildman–Crippen LogP) is 2.39. The maximum Gasteiger partial charge on any atom is 0.242 e. The van der Waals surface area contributed by atoms with Gasteiger partial charge in [-0.05, 0) is 38.5 Å². The third-order valence-corrected chi connectivity index (χ3v) is 3.95. The highest BCUT2D eigenvalue weighted by Crippen LogP contribution is 2.19. The zero-order chi connectivity index (χ0) is 14.4. The quantitative estimate of drug-likeness (QED) is 0.859. The number of benzene rings is 1. The van der Waals surface area contributed by atoms with Crippen molar-refractivity contribution >= 4 is 30.7 Å². The number of carbonyl (C=O) groups is 1. The summed E-state index contributed by atoms with van der Waals surface area (Å²) < 4.78 is 0. The molecule has 4 nitrogen and oxygen atoms in total. The van der Waals surface area contributed by atoms with Crippen molar-refractivity contribution < 1.29 is 4.79 Å². The van der Waals surface area contributed by atoms with E-state index in [1.807, 2.05) is 37.4 Å². The van der Waals surface area contributed by atoms with Gasteiger partial charge in [-0.3, -0.25) is 9.69 Å². The van der Waals surface area contributed by atoms with E-state index in [0.717, 1.165) is 38.0 Å². The molecule has 0 aliphatic carbocycles. The average molecular weight is 348 g/mol. The molecule has 22 heavy (non-hydrogen) atoms. The van der Waals surface area contributed by atoms with Crippen molar-refractivity contribution in [2.45, 2.75) is 31.8 Å². The van der Waals surface area contributed by atoms with Crippen LogP contribution in [0.3, 0.4) is 0 Å². The van der Waals surface area contributed by atoms with Gasteiger partial charge in [0.25, 0.3) is 0 Å². The van der Waals surface area contributed by atoms with Crippen LogP contribution in [0.25, 0.3) is 0 Å². The van der Waals surface area contributed by atoms with Gasteiger partial charge in [0.1, 0.15) is 6.04 Å². The van der Waals surface area contributed by atoms with Gasteiger partial charge in [-0.2, -0.15) is 0 Å². The van der Waals surface area contributed by atoms with E-state index in [1.54, 1.807) is 0 Å². The Balaban J connectivity index is 0.00000220. The van der Waals surface area contributed by atoms with Crippen molar-refractivity contribution in [3.05, 3.63) is 35.9 Å². The van der Waals surface area contributed by atoms with Gasteiger partial charge in [-0.25, -0.2) is 0 Å². The van der Waals surface area contributed by atoms with Crippen LogP contribution in [0.15, 0.2) is 30.3 Å². The molecular formula is C16H27Cl2N3O. The first-order chi connectivity index (χ1) is 9.72.